The lowest BCUT2D eigenvalue weighted by atomic mass is 9.78. The summed E-state index contributed by atoms with van der Waals surface area (Å²) >= 11 is 0. The van der Waals surface area contributed by atoms with Gasteiger partial charge in [0.25, 0.3) is 0 Å². The van der Waals surface area contributed by atoms with Crippen molar-refractivity contribution in [3.8, 4) is 5.69 Å². The molecule has 0 amide bonds. The molecule has 1 saturated heterocycles. The van der Waals surface area contributed by atoms with Crippen molar-refractivity contribution >= 4 is 12.6 Å². The van der Waals surface area contributed by atoms with Crippen molar-refractivity contribution in [3.05, 3.63) is 42.0 Å². The first-order chi connectivity index (χ1) is 11.4. The maximum absolute atomic E-state index is 13.6. The molecule has 25 heavy (non-hydrogen) atoms. The third-order valence-corrected chi connectivity index (χ3v) is 4.84. The molecule has 0 radical (unpaired) electrons. The Bertz CT molecular complexity index is 783. The summed E-state index contributed by atoms with van der Waals surface area (Å²) in [5.41, 5.74) is -0.980. The van der Waals surface area contributed by atoms with Gasteiger partial charge in [0, 0.05) is 6.20 Å². The minimum absolute atomic E-state index is 0.0216. The molecule has 1 aliphatic heterocycles. The van der Waals surface area contributed by atoms with Crippen LogP contribution in [-0.2, 0) is 15.5 Å². The van der Waals surface area contributed by atoms with E-state index < -0.39 is 30.1 Å². The highest BCUT2D eigenvalue weighted by atomic mass is 19.4. The van der Waals surface area contributed by atoms with Crippen molar-refractivity contribution in [2.45, 2.75) is 52.0 Å². The first-order valence-electron chi connectivity index (χ1n) is 7.98. The van der Waals surface area contributed by atoms with Gasteiger partial charge in [0.1, 0.15) is 0 Å². The van der Waals surface area contributed by atoms with E-state index in [1.807, 2.05) is 27.7 Å². The van der Waals surface area contributed by atoms with Gasteiger partial charge in [0.2, 0.25) is 0 Å². The summed E-state index contributed by atoms with van der Waals surface area (Å²) < 4.78 is 53.9. The third-order valence-electron chi connectivity index (χ3n) is 4.84. The number of hydrogen-bond donors (Lipinski definition) is 0. The van der Waals surface area contributed by atoms with E-state index in [0.717, 1.165) is 6.07 Å². The van der Waals surface area contributed by atoms with Crippen LogP contribution >= 0.6 is 0 Å². The average Bonchev–Trinajstić information content (AvgIpc) is 2.99. The second kappa shape index (κ2) is 5.61. The predicted octanol–water partition coefficient (Wildman–Crippen LogP) is 3.50. The molecule has 0 N–H and O–H groups in total. The summed E-state index contributed by atoms with van der Waals surface area (Å²) in [7, 11) is -0.843. The first-order valence-corrected chi connectivity index (χ1v) is 7.98. The Morgan fingerprint density at radius 1 is 1.08 bits per heavy atom. The van der Waals surface area contributed by atoms with Crippen LogP contribution in [0.15, 0.2) is 30.7 Å². The van der Waals surface area contributed by atoms with Crippen LogP contribution in [0.25, 0.3) is 5.69 Å². The molecule has 1 aromatic carbocycles. The van der Waals surface area contributed by atoms with Gasteiger partial charge < -0.3 is 13.9 Å². The van der Waals surface area contributed by atoms with Crippen LogP contribution < -0.4 is 5.46 Å². The predicted molar refractivity (Wildman–Crippen MR) is 89.0 cm³/mol. The molecular formula is C17H20BF3N2O2. The van der Waals surface area contributed by atoms with E-state index in [4.69, 9.17) is 9.31 Å². The van der Waals surface area contributed by atoms with Gasteiger partial charge in [0.15, 0.2) is 0 Å². The minimum Gasteiger partial charge on any atom is -0.399 e. The molecule has 1 fully saturated rings. The molecule has 0 saturated carbocycles. The number of imidazole rings is 1. The van der Waals surface area contributed by atoms with Gasteiger partial charge in [-0.15, -0.1) is 0 Å². The molecule has 1 aliphatic rings. The van der Waals surface area contributed by atoms with Crippen molar-refractivity contribution in [1.82, 2.24) is 9.55 Å². The Labute approximate surface area is 145 Å². The van der Waals surface area contributed by atoms with Gasteiger partial charge in [-0.3, -0.25) is 0 Å². The van der Waals surface area contributed by atoms with Crippen molar-refractivity contribution < 1.29 is 22.5 Å². The van der Waals surface area contributed by atoms with Gasteiger partial charge >= 0.3 is 13.3 Å². The number of aromatic nitrogens is 2. The largest absolute Gasteiger partial charge is 0.494 e. The van der Waals surface area contributed by atoms with E-state index in [1.54, 1.807) is 19.2 Å². The molecule has 0 aliphatic carbocycles. The number of halogens is 3. The van der Waals surface area contributed by atoms with Crippen molar-refractivity contribution in [2.24, 2.45) is 0 Å². The lowest BCUT2D eigenvalue weighted by Gasteiger charge is -2.32. The van der Waals surface area contributed by atoms with Gasteiger partial charge in [-0.1, -0.05) is 6.07 Å². The summed E-state index contributed by atoms with van der Waals surface area (Å²) in [6.45, 7) is 9.17. The monoisotopic (exact) mass is 352 g/mol. The average molecular weight is 352 g/mol. The summed E-state index contributed by atoms with van der Waals surface area (Å²) in [5.74, 6) is 0. The van der Waals surface area contributed by atoms with E-state index in [2.05, 4.69) is 4.98 Å². The van der Waals surface area contributed by atoms with E-state index in [1.165, 1.54) is 17.0 Å². The van der Waals surface area contributed by atoms with Crippen LogP contribution in [0, 0.1) is 6.92 Å². The maximum Gasteiger partial charge on any atom is 0.494 e. The molecule has 1 aromatic heterocycles. The van der Waals surface area contributed by atoms with Crippen molar-refractivity contribution in [2.75, 3.05) is 0 Å². The fourth-order valence-electron chi connectivity index (χ4n) is 2.68. The van der Waals surface area contributed by atoms with Gasteiger partial charge in [-0.25, -0.2) is 4.98 Å². The third kappa shape index (κ3) is 3.20. The highest BCUT2D eigenvalue weighted by Crippen LogP contribution is 2.38. The Kier molecular flexibility index (Phi) is 4.04. The molecule has 0 atom stereocenters. The van der Waals surface area contributed by atoms with E-state index in [9.17, 15) is 13.2 Å². The second-order valence-electron chi connectivity index (χ2n) is 7.28. The number of benzene rings is 1. The molecule has 3 rings (SSSR count). The zero-order valence-corrected chi connectivity index (χ0v) is 14.8. The van der Waals surface area contributed by atoms with Crippen molar-refractivity contribution in [3.63, 3.8) is 0 Å². The number of alkyl halides is 3. The van der Waals surface area contributed by atoms with Crippen LogP contribution in [0.5, 0.6) is 0 Å². The summed E-state index contributed by atoms with van der Waals surface area (Å²) in [6, 6.07) is 4.11. The Morgan fingerprint density at radius 3 is 2.16 bits per heavy atom. The number of hydrogen-bond acceptors (Lipinski definition) is 3. The Balaban J connectivity index is 2.04. The van der Waals surface area contributed by atoms with Gasteiger partial charge in [-0.2, -0.15) is 13.2 Å². The normalized spacial score (nSPS) is 19.4. The van der Waals surface area contributed by atoms with Crippen LogP contribution in [0.1, 0.15) is 39.0 Å². The quantitative estimate of drug-likeness (QED) is 0.777. The fraction of sp³-hybridized carbons (Fsp3) is 0.471. The van der Waals surface area contributed by atoms with Crippen LogP contribution in [0.2, 0.25) is 0 Å². The topological polar surface area (TPSA) is 36.3 Å². The smallest absolute Gasteiger partial charge is 0.399 e. The lowest BCUT2D eigenvalue weighted by Crippen LogP contribution is -2.41. The van der Waals surface area contributed by atoms with Crippen LogP contribution in [0.4, 0.5) is 13.2 Å². The van der Waals surface area contributed by atoms with Crippen LogP contribution in [-0.4, -0.2) is 27.9 Å². The zero-order chi connectivity index (χ0) is 18.6. The molecule has 8 heteroatoms. The molecule has 0 spiro atoms. The van der Waals surface area contributed by atoms with E-state index in [0.29, 0.717) is 11.2 Å². The molecular weight excluding hydrogens is 332 g/mol. The Hall–Kier alpha value is -1.80. The number of nitrogens with zero attached hydrogens (tertiary/aromatic N) is 2. The maximum atomic E-state index is 13.6. The van der Waals surface area contributed by atoms with Crippen LogP contribution in [0.3, 0.4) is 0 Å². The lowest BCUT2D eigenvalue weighted by molar-refractivity contribution is -0.137. The number of aryl methyl sites for hydroxylation is 1. The molecule has 0 unspecified atom stereocenters. The highest BCUT2D eigenvalue weighted by Gasteiger charge is 2.52. The highest BCUT2D eigenvalue weighted by molar-refractivity contribution is 6.62. The summed E-state index contributed by atoms with van der Waals surface area (Å²) in [4.78, 5) is 4.00. The molecule has 134 valence electrons. The zero-order valence-electron chi connectivity index (χ0n) is 14.8. The Morgan fingerprint density at radius 2 is 1.68 bits per heavy atom. The number of rotatable bonds is 2. The van der Waals surface area contributed by atoms with E-state index in [-0.39, 0.29) is 5.69 Å². The van der Waals surface area contributed by atoms with Gasteiger partial charge in [0.05, 0.1) is 34.5 Å². The summed E-state index contributed by atoms with van der Waals surface area (Å²) in [5, 5.41) is 0. The fourth-order valence-corrected chi connectivity index (χ4v) is 2.68. The molecule has 2 heterocycles. The SMILES string of the molecule is Cc1cn(-c2ccc(B3OC(C)(C)C(C)(C)O3)cc2C(F)(F)F)cn1. The standard InChI is InChI=1S/C17H20BF3N2O2/c1-11-9-23(10-22-11)14-7-6-12(8-13(14)17(19,20)21)18-24-15(2,3)16(4,5)25-18/h6-10H,1-5H3. The van der Waals surface area contributed by atoms with Crippen molar-refractivity contribution in [1.29, 1.82) is 0 Å². The second-order valence-corrected chi connectivity index (χ2v) is 7.28. The minimum atomic E-state index is -4.51. The van der Waals surface area contributed by atoms with E-state index >= 15 is 0 Å². The summed E-state index contributed by atoms with van der Waals surface area (Å²) in [6.07, 6.45) is -1.58. The van der Waals surface area contributed by atoms with Gasteiger partial charge in [-0.05, 0) is 52.2 Å². The molecule has 0 bridgehead atoms. The first kappa shape index (κ1) is 18.0. The molecule has 2 aromatic rings. The molecule has 4 nitrogen and oxygen atoms in total.